The Bertz CT molecular complexity index is 536. The molecular weight excluding hydrogens is 242 g/mol. The summed E-state index contributed by atoms with van der Waals surface area (Å²) in [5.41, 5.74) is 12.2. The molecule has 3 heteroatoms. The van der Waals surface area contributed by atoms with Gasteiger partial charge in [-0.1, -0.05) is 12.1 Å². The molecule has 2 N–H and O–H groups in total. The predicted octanol–water partition coefficient (Wildman–Crippen LogP) is 3.73. The van der Waals surface area contributed by atoms with Crippen molar-refractivity contribution in [1.29, 1.82) is 0 Å². The van der Waals surface area contributed by atoms with Gasteiger partial charge in [-0.3, -0.25) is 0 Å². The number of benzene rings is 1. The van der Waals surface area contributed by atoms with Crippen LogP contribution in [0.25, 0.3) is 0 Å². The van der Waals surface area contributed by atoms with Gasteiger partial charge in [0.25, 0.3) is 0 Å². The third kappa shape index (κ3) is 2.28. The summed E-state index contributed by atoms with van der Waals surface area (Å²) in [6.07, 6.45) is 0. The number of hydrogen-bond donors (Lipinski definition) is 1. The molecule has 0 amide bonds. The van der Waals surface area contributed by atoms with Crippen LogP contribution < -0.4 is 10.5 Å². The third-order valence-electron chi connectivity index (χ3n) is 3.28. The van der Waals surface area contributed by atoms with E-state index >= 15 is 0 Å². The highest BCUT2D eigenvalue weighted by Crippen LogP contribution is 2.31. The van der Waals surface area contributed by atoms with Gasteiger partial charge in [-0.25, -0.2) is 0 Å². The summed E-state index contributed by atoms with van der Waals surface area (Å²) in [7, 11) is 1.71. The molecule has 0 aliphatic rings. The maximum absolute atomic E-state index is 6.36. The number of thiophene rings is 1. The largest absolute Gasteiger partial charge is 0.496 e. The molecule has 0 radical (unpaired) electrons. The van der Waals surface area contributed by atoms with Gasteiger partial charge < -0.3 is 10.5 Å². The molecule has 0 saturated heterocycles. The first-order valence-corrected chi connectivity index (χ1v) is 6.92. The van der Waals surface area contributed by atoms with Crippen molar-refractivity contribution in [2.75, 3.05) is 7.11 Å². The molecule has 1 aromatic heterocycles. The summed E-state index contributed by atoms with van der Waals surface area (Å²) in [4.78, 5) is 0. The van der Waals surface area contributed by atoms with Crippen LogP contribution in [0.3, 0.4) is 0 Å². The molecule has 18 heavy (non-hydrogen) atoms. The SMILES string of the molecule is COc1c(C)cc(C(N)c2cscc2C)cc1C. The van der Waals surface area contributed by atoms with Gasteiger partial charge in [-0.2, -0.15) is 11.3 Å². The molecule has 2 aromatic rings. The van der Waals surface area contributed by atoms with Gasteiger partial charge in [-0.15, -0.1) is 0 Å². The second-order valence-electron chi connectivity index (χ2n) is 4.68. The Kier molecular flexibility index (Phi) is 3.73. The highest BCUT2D eigenvalue weighted by atomic mass is 32.1. The predicted molar refractivity (Wildman–Crippen MR) is 77.6 cm³/mol. The summed E-state index contributed by atoms with van der Waals surface area (Å²) < 4.78 is 5.39. The zero-order valence-electron chi connectivity index (χ0n) is 11.3. The van der Waals surface area contributed by atoms with Crippen LogP contribution in [0, 0.1) is 20.8 Å². The van der Waals surface area contributed by atoms with Gasteiger partial charge >= 0.3 is 0 Å². The number of ether oxygens (including phenoxy) is 1. The highest BCUT2D eigenvalue weighted by molar-refractivity contribution is 7.08. The van der Waals surface area contributed by atoms with E-state index in [0.717, 1.165) is 22.4 Å². The molecule has 1 atom stereocenters. The van der Waals surface area contributed by atoms with Crippen LogP contribution in [0.4, 0.5) is 0 Å². The topological polar surface area (TPSA) is 35.2 Å². The summed E-state index contributed by atoms with van der Waals surface area (Å²) >= 11 is 1.70. The second kappa shape index (κ2) is 5.12. The van der Waals surface area contributed by atoms with E-state index in [1.165, 1.54) is 11.1 Å². The van der Waals surface area contributed by atoms with Crippen LogP contribution in [-0.2, 0) is 0 Å². The fraction of sp³-hybridized carbons (Fsp3) is 0.333. The average Bonchev–Trinajstić information content (AvgIpc) is 2.74. The standard InChI is InChI=1S/C15H19NOS/c1-9-5-12(6-10(2)15(9)17-4)14(16)13-8-18-7-11(13)3/h5-8,14H,16H2,1-4H3. The van der Waals surface area contributed by atoms with Crippen molar-refractivity contribution in [3.05, 3.63) is 50.7 Å². The smallest absolute Gasteiger partial charge is 0.124 e. The van der Waals surface area contributed by atoms with E-state index < -0.39 is 0 Å². The van der Waals surface area contributed by atoms with Gasteiger partial charge in [0.2, 0.25) is 0 Å². The van der Waals surface area contributed by atoms with Crippen LogP contribution >= 0.6 is 11.3 Å². The molecule has 0 spiro atoms. The molecule has 0 aliphatic carbocycles. The van der Waals surface area contributed by atoms with Gasteiger partial charge in [0, 0.05) is 0 Å². The lowest BCUT2D eigenvalue weighted by Gasteiger charge is -2.16. The van der Waals surface area contributed by atoms with Crippen molar-refractivity contribution in [1.82, 2.24) is 0 Å². The normalized spacial score (nSPS) is 12.5. The first kappa shape index (κ1) is 13.1. The Morgan fingerprint density at radius 1 is 1.06 bits per heavy atom. The maximum atomic E-state index is 6.36. The highest BCUT2D eigenvalue weighted by Gasteiger charge is 2.15. The lowest BCUT2D eigenvalue weighted by atomic mass is 9.95. The molecule has 2 nitrogen and oxygen atoms in total. The summed E-state index contributed by atoms with van der Waals surface area (Å²) in [5.74, 6) is 0.952. The summed E-state index contributed by atoms with van der Waals surface area (Å²) in [6, 6.07) is 4.18. The fourth-order valence-electron chi connectivity index (χ4n) is 2.35. The van der Waals surface area contributed by atoms with Crippen LogP contribution in [0.1, 0.15) is 33.9 Å². The van der Waals surface area contributed by atoms with E-state index in [0.29, 0.717) is 0 Å². The molecule has 0 aliphatic heterocycles. The quantitative estimate of drug-likeness (QED) is 0.913. The molecule has 2 rings (SSSR count). The van der Waals surface area contributed by atoms with Crippen LogP contribution in [0.15, 0.2) is 22.9 Å². The van der Waals surface area contributed by atoms with Gasteiger partial charge in [0.05, 0.1) is 13.2 Å². The van der Waals surface area contributed by atoms with Crippen molar-refractivity contribution in [2.45, 2.75) is 26.8 Å². The first-order chi connectivity index (χ1) is 8.54. The Morgan fingerprint density at radius 2 is 1.67 bits per heavy atom. The Labute approximate surface area is 112 Å². The molecule has 0 fully saturated rings. The number of aryl methyl sites for hydroxylation is 3. The Balaban J connectivity index is 2.43. The van der Waals surface area contributed by atoms with Gasteiger partial charge in [0.1, 0.15) is 5.75 Å². The molecule has 0 saturated carbocycles. The molecule has 1 aromatic carbocycles. The zero-order chi connectivity index (χ0) is 13.3. The van der Waals surface area contributed by atoms with Crippen molar-refractivity contribution in [2.24, 2.45) is 5.73 Å². The fourth-order valence-corrected chi connectivity index (χ4v) is 3.24. The second-order valence-corrected chi connectivity index (χ2v) is 5.42. The van der Waals surface area contributed by atoms with Crippen molar-refractivity contribution in [3.63, 3.8) is 0 Å². The van der Waals surface area contributed by atoms with Crippen molar-refractivity contribution >= 4 is 11.3 Å². The lowest BCUT2D eigenvalue weighted by molar-refractivity contribution is 0.408. The minimum absolute atomic E-state index is 0.0560. The minimum Gasteiger partial charge on any atom is -0.496 e. The van der Waals surface area contributed by atoms with Crippen LogP contribution in [0.5, 0.6) is 5.75 Å². The molecule has 96 valence electrons. The molecular formula is C15H19NOS. The molecule has 1 unspecified atom stereocenters. The average molecular weight is 261 g/mol. The number of rotatable bonds is 3. The summed E-state index contributed by atoms with van der Waals surface area (Å²) in [5, 5.41) is 4.27. The van der Waals surface area contributed by atoms with Crippen molar-refractivity contribution in [3.8, 4) is 5.75 Å². The maximum Gasteiger partial charge on any atom is 0.124 e. The van der Waals surface area contributed by atoms with E-state index in [9.17, 15) is 0 Å². The summed E-state index contributed by atoms with van der Waals surface area (Å²) in [6.45, 7) is 6.22. The van der Waals surface area contributed by atoms with E-state index in [2.05, 4.69) is 43.7 Å². The van der Waals surface area contributed by atoms with E-state index in [4.69, 9.17) is 10.5 Å². The van der Waals surface area contributed by atoms with Gasteiger partial charge in [-0.05, 0) is 59.3 Å². The molecule has 1 heterocycles. The van der Waals surface area contributed by atoms with E-state index in [1.807, 2.05) is 0 Å². The molecule has 0 bridgehead atoms. The van der Waals surface area contributed by atoms with E-state index in [-0.39, 0.29) is 6.04 Å². The minimum atomic E-state index is -0.0560. The monoisotopic (exact) mass is 261 g/mol. The third-order valence-corrected chi connectivity index (χ3v) is 4.16. The van der Waals surface area contributed by atoms with Crippen molar-refractivity contribution < 1.29 is 4.74 Å². The lowest BCUT2D eigenvalue weighted by Crippen LogP contribution is -2.12. The Morgan fingerprint density at radius 3 is 2.11 bits per heavy atom. The van der Waals surface area contributed by atoms with Crippen LogP contribution in [-0.4, -0.2) is 7.11 Å². The number of hydrogen-bond acceptors (Lipinski definition) is 3. The zero-order valence-corrected chi connectivity index (χ0v) is 12.1. The number of nitrogens with two attached hydrogens (primary N) is 1. The van der Waals surface area contributed by atoms with E-state index in [1.54, 1.807) is 18.4 Å². The number of methoxy groups -OCH3 is 1. The van der Waals surface area contributed by atoms with Gasteiger partial charge in [0.15, 0.2) is 0 Å². The van der Waals surface area contributed by atoms with Crippen LogP contribution in [0.2, 0.25) is 0 Å². The first-order valence-electron chi connectivity index (χ1n) is 5.98. The Hall–Kier alpha value is -1.32.